The van der Waals surface area contributed by atoms with Crippen LogP contribution in [-0.2, 0) is 4.79 Å². The van der Waals surface area contributed by atoms with E-state index in [1.54, 1.807) is 31.2 Å². The summed E-state index contributed by atoms with van der Waals surface area (Å²) >= 11 is 0. The van der Waals surface area contributed by atoms with Crippen LogP contribution in [-0.4, -0.2) is 30.7 Å². The molecule has 0 aliphatic heterocycles. The maximum absolute atomic E-state index is 12.1. The van der Waals surface area contributed by atoms with Crippen LogP contribution < -0.4 is 19.5 Å². The Hall–Kier alpha value is -3.29. The summed E-state index contributed by atoms with van der Waals surface area (Å²) in [6.45, 7) is 6.05. The van der Waals surface area contributed by atoms with Gasteiger partial charge < -0.3 is 19.5 Å². The third kappa shape index (κ3) is 5.60. The van der Waals surface area contributed by atoms with Gasteiger partial charge in [0.05, 0.1) is 18.1 Å². The highest BCUT2D eigenvalue weighted by Gasteiger charge is 2.16. The summed E-state index contributed by atoms with van der Waals surface area (Å²) in [4.78, 5) is 22.7. The fourth-order valence-electron chi connectivity index (χ4n) is 2.36. The van der Waals surface area contributed by atoms with Crippen LogP contribution in [0.25, 0.3) is 0 Å². The molecule has 0 spiro atoms. The number of carbonyl (C=O) groups is 1. The summed E-state index contributed by atoms with van der Waals surface area (Å²) < 4.78 is 16.3. The van der Waals surface area contributed by atoms with Crippen LogP contribution in [0.15, 0.2) is 36.4 Å². The van der Waals surface area contributed by atoms with E-state index in [-0.39, 0.29) is 18.0 Å². The molecule has 1 amide bonds. The molecule has 8 nitrogen and oxygen atoms in total. The van der Waals surface area contributed by atoms with Crippen molar-refractivity contribution in [2.45, 2.75) is 20.8 Å². The van der Waals surface area contributed by atoms with Gasteiger partial charge in [-0.1, -0.05) is 6.07 Å². The second-order valence-corrected chi connectivity index (χ2v) is 5.59. The van der Waals surface area contributed by atoms with E-state index in [9.17, 15) is 14.9 Å². The highest BCUT2D eigenvalue weighted by Crippen LogP contribution is 2.31. The summed E-state index contributed by atoms with van der Waals surface area (Å²) in [5.74, 6) is 0.704. The molecule has 144 valence electrons. The Kier molecular flexibility index (Phi) is 6.99. The monoisotopic (exact) mass is 374 g/mol. The Bertz CT molecular complexity index is 822. The third-order valence-electron chi connectivity index (χ3n) is 3.50. The number of anilines is 1. The summed E-state index contributed by atoms with van der Waals surface area (Å²) in [5.41, 5.74) is 1.06. The predicted molar refractivity (Wildman–Crippen MR) is 101 cm³/mol. The molecule has 0 saturated carbocycles. The number of nitro benzene ring substituents is 1. The second-order valence-electron chi connectivity index (χ2n) is 5.59. The van der Waals surface area contributed by atoms with Crippen molar-refractivity contribution in [3.05, 3.63) is 52.1 Å². The number of rotatable bonds is 9. The van der Waals surface area contributed by atoms with Gasteiger partial charge in [0.25, 0.3) is 5.91 Å². The lowest BCUT2D eigenvalue weighted by Crippen LogP contribution is -2.20. The lowest BCUT2D eigenvalue weighted by Gasteiger charge is -2.13. The minimum atomic E-state index is -0.541. The number of aryl methyl sites for hydroxylation is 1. The summed E-state index contributed by atoms with van der Waals surface area (Å²) in [5, 5.41) is 13.8. The Morgan fingerprint density at radius 2 is 1.67 bits per heavy atom. The molecule has 0 unspecified atom stereocenters. The van der Waals surface area contributed by atoms with Crippen molar-refractivity contribution < 1.29 is 23.9 Å². The van der Waals surface area contributed by atoms with Gasteiger partial charge in [0.1, 0.15) is 0 Å². The molecule has 0 aliphatic carbocycles. The number of hydrogen-bond donors (Lipinski definition) is 1. The van der Waals surface area contributed by atoms with Crippen LogP contribution >= 0.6 is 0 Å². The number of nitrogens with zero attached hydrogens (tertiary/aromatic N) is 1. The fourth-order valence-corrected chi connectivity index (χ4v) is 2.36. The van der Waals surface area contributed by atoms with Crippen molar-refractivity contribution in [2.75, 3.05) is 25.1 Å². The van der Waals surface area contributed by atoms with Gasteiger partial charge in [-0.3, -0.25) is 14.9 Å². The van der Waals surface area contributed by atoms with E-state index in [2.05, 4.69) is 5.32 Å². The fraction of sp³-hybridized carbons (Fsp3) is 0.316. The second kappa shape index (κ2) is 9.42. The normalized spacial score (nSPS) is 10.2. The molecule has 0 bridgehead atoms. The van der Waals surface area contributed by atoms with Gasteiger partial charge in [0, 0.05) is 17.8 Å². The van der Waals surface area contributed by atoms with E-state index < -0.39 is 10.8 Å². The minimum Gasteiger partial charge on any atom is -0.490 e. The predicted octanol–water partition coefficient (Wildman–Crippen LogP) is 3.72. The molecular formula is C19H22N2O6. The Labute approximate surface area is 157 Å². The first-order valence-electron chi connectivity index (χ1n) is 8.52. The van der Waals surface area contributed by atoms with Crippen molar-refractivity contribution in [3.8, 4) is 17.2 Å². The van der Waals surface area contributed by atoms with Gasteiger partial charge in [0.15, 0.2) is 23.9 Å². The Morgan fingerprint density at radius 3 is 2.33 bits per heavy atom. The molecule has 0 heterocycles. The zero-order valence-corrected chi connectivity index (χ0v) is 15.5. The lowest BCUT2D eigenvalue weighted by atomic mass is 10.2. The van der Waals surface area contributed by atoms with Gasteiger partial charge in [-0.25, -0.2) is 0 Å². The molecule has 2 aromatic carbocycles. The van der Waals surface area contributed by atoms with Crippen molar-refractivity contribution >= 4 is 17.3 Å². The highest BCUT2D eigenvalue weighted by molar-refractivity contribution is 5.92. The Morgan fingerprint density at radius 1 is 1.00 bits per heavy atom. The maximum Gasteiger partial charge on any atom is 0.311 e. The van der Waals surface area contributed by atoms with Crippen LogP contribution in [0.1, 0.15) is 19.4 Å². The van der Waals surface area contributed by atoms with Crippen LogP contribution in [0, 0.1) is 17.0 Å². The zero-order valence-electron chi connectivity index (χ0n) is 15.5. The average Bonchev–Trinajstić information content (AvgIpc) is 2.63. The van der Waals surface area contributed by atoms with E-state index in [1.807, 2.05) is 13.8 Å². The van der Waals surface area contributed by atoms with Crippen molar-refractivity contribution in [1.29, 1.82) is 0 Å². The van der Waals surface area contributed by atoms with Gasteiger partial charge in [-0.2, -0.15) is 0 Å². The van der Waals surface area contributed by atoms with E-state index >= 15 is 0 Å². The van der Waals surface area contributed by atoms with E-state index in [0.717, 1.165) is 5.56 Å². The summed E-state index contributed by atoms with van der Waals surface area (Å²) in [6, 6.07) is 9.59. The van der Waals surface area contributed by atoms with E-state index in [1.165, 1.54) is 12.1 Å². The van der Waals surface area contributed by atoms with Crippen LogP contribution in [0.4, 0.5) is 11.4 Å². The molecule has 0 fully saturated rings. The first-order chi connectivity index (χ1) is 12.9. The lowest BCUT2D eigenvalue weighted by molar-refractivity contribution is -0.385. The number of ether oxygens (including phenoxy) is 3. The molecule has 0 saturated heterocycles. The largest absolute Gasteiger partial charge is 0.490 e. The average molecular weight is 374 g/mol. The van der Waals surface area contributed by atoms with Crippen molar-refractivity contribution in [3.63, 3.8) is 0 Å². The molecule has 2 aromatic rings. The van der Waals surface area contributed by atoms with Crippen LogP contribution in [0.5, 0.6) is 17.2 Å². The molecule has 0 radical (unpaired) electrons. The molecule has 27 heavy (non-hydrogen) atoms. The van der Waals surface area contributed by atoms with Gasteiger partial charge in [-0.15, -0.1) is 0 Å². The van der Waals surface area contributed by atoms with E-state index in [0.29, 0.717) is 30.4 Å². The third-order valence-corrected chi connectivity index (χ3v) is 3.50. The highest BCUT2D eigenvalue weighted by atomic mass is 16.6. The van der Waals surface area contributed by atoms with E-state index in [4.69, 9.17) is 14.2 Å². The molecule has 0 aromatic heterocycles. The molecule has 8 heteroatoms. The maximum atomic E-state index is 12.1. The number of benzene rings is 2. The molecule has 0 aliphatic rings. The molecule has 0 atom stereocenters. The Balaban J connectivity index is 2.04. The quantitative estimate of drug-likeness (QED) is 0.530. The summed E-state index contributed by atoms with van der Waals surface area (Å²) in [7, 11) is 0. The molecular weight excluding hydrogens is 352 g/mol. The van der Waals surface area contributed by atoms with Crippen LogP contribution in [0.2, 0.25) is 0 Å². The van der Waals surface area contributed by atoms with Gasteiger partial charge in [-0.05, 0) is 44.5 Å². The topological polar surface area (TPSA) is 99.9 Å². The number of amides is 1. The zero-order chi connectivity index (χ0) is 19.8. The SMILES string of the molecule is CCOc1ccc(NC(=O)COc2ccc(C)cc2[N+](=O)[O-])cc1OCC. The number of carbonyl (C=O) groups excluding carboxylic acids is 1. The first-order valence-corrected chi connectivity index (χ1v) is 8.52. The summed E-state index contributed by atoms with van der Waals surface area (Å²) in [6.07, 6.45) is 0. The van der Waals surface area contributed by atoms with Gasteiger partial charge >= 0.3 is 5.69 Å². The first kappa shape index (κ1) is 20.0. The van der Waals surface area contributed by atoms with Crippen molar-refractivity contribution in [1.82, 2.24) is 0 Å². The number of nitrogens with one attached hydrogen (secondary N) is 1. The van der Waals surface area contributed by atoms with Crippen LogP contribution in [0.3, 0.4) is 0 Å². The van der Waals surface area contributed by atoms with Gasteiger partial charge in [0.2, 0.25) is 0 Å². The molecule has 1 N–H and O–H groups in total. The minimum absolute atomic E-state index is 0.0439. The number of hydrogen-bond acceptors (Lipinski definition) is 6. The molecule has 2 rings (SSSR count). The smallest absolute Gasteiger partial charge is 0.311 e. The number of nitro groups is 1. The van der Waals surface area contributed by atoms with Crippen molar-refractivity contribution in [2.24, 2.45) is 0 Å². The standard InChI is InChI=1S/C19H22N2O6/c1-4-25-17-9-7-14(11-18(17)26-5-2)20-19(22)12-27-16-8-6-13(3)10-15(16)21(23)24/h6-11H,4-5,12H2,1-3H3,(H,20,22).